The molecule has 1 aromatic carbocycles. The highest BCUT2D eigenvalue weighted by atomic mass is 32.2. The van der Waals surface area contributed by atoms with Crippen LogP contribution >= 0.6 is 0 Å². The molecule has 0 aromatic heterocycles. The van der Waals surface area contributed by atoms with Gasteiger partial charge in [-0.2, -0.15) is 8.42 Å². The van der Waals surface area contributed by atoms with E-state index < -0.39 is 22.2 Å². The Labute approximate surface area is 173 Å². The zero-order chi connectivity index (χ0) is 20.9. The van der Waals surface area contributed by atoms with E-state index >= 15 is 0 Å². The molecule has 1 aromatic rings. The highest BCUT2D eigenvalue weighted by Crippen LogP contribution is 2.66. The number of ether oxygens (including phenoxy) is 1. The van der Waals surface area contributed by atoms with Gasteiger partial charge in [0.1, 0.15) is 12.7 Å². The van der Waals surface area contributed by atoms with Crippen LogP contribution in [-0.2, 0) is 23.8 Å². The highest BCUT2D eigenvalue weighted by Gasteiger charge is 2.59. The second-order valence-corrected chi connectivity index (χ2v) is 11.5. The number of carbonyl (C=O) groups is 1. The molecule has 0 heterocycles. The number of carbonyl (C=O) groups excluding carboxylic acids is 1. The van der Waals surface area contributed by atoms with Crippen LogP contribution in [0.25, 0.3) is 0 Å². The topological polar surface area (TPSA) is 69.7 Å². The third kappa shape index (κ3) is 4.02. The lowest BCUT2D eigenvalue weighted by atomic mass is 9.43. The molecule has 4 saturated carbocycles. The lowest BCUT2D eigenvalue weighted by molar-refractivity contribution is -0.186. The maximum absolute atomic E-state index is 12.7. The zero-order valence-corrected chi connectivity index (χ0v) is 18.0. The summed E-state index contributed by atoms with van der Waals surface area (Å²) in [5.74, 6) is 0.771. The normalized spacial score (nSPS) is 34.0. The van der Waals surface area contributed by atoms with E-state index in [2.05, 4.69) is 13.5 Å². The number of esters is 1. The first-order chi connectivity index (χ1) is 13.6. The van der Waals surface area contributed by atoms with Gasteiger partial charge in [-0.15, -0.1) is 0 Å². The molecule has 4 aliphatic rings. The Morgan fingerprint density at radius 3 is 2.34 bits per heavy atom. The third-order valence-electron chi connectivity index (χ3n) is 7.09. The van der Waals surface area contributed by atoms with Crippen LogP contribution in [0.5, 0.6) is 0 Å². The predicted molar refractivity (Wildman–Crippen MR) is 109 cm³/mol. The van der Waals surface area contributed by atoms with E-state index in [1.807, 2.05) is 0 Å². The van der Waals surface area contributed by atoms with Crippen molar-refractivity contribution in [1.29, 1.82) is 0 Å². The van der Waals surface area contributed by atoms with Crippen molar-refractivity contribution in [2.24, 2.45) is 22.7 Å². The van der Waals surface area contributed by atoms with Crippen LogP contribution in [0.4, 0.5) is 0 Å². The summed E-state index contributed by atoms with van der Waals surface area (Å²) < 4.78 is 36.6. The van der Waals surface area contributed by atoms with Crippen molar-refractivity contribution in [2.75, 3.05) is 6.61 Å². The summed E-state index contributed by atoms with van der Waals surface area (Å²) in [6.45, 7) is 7.49. The summed E-state index contributed by atoms with van der Waals surface area (Å²) in [4.78, 5) is 12.5. The SMILES string of the molecule is C=C(C)C(=O)OC(COS(=O)(=O)c1ccccc1)C12CC3CC(CC(C)(C3)C1)C2. The summed E-state index contributed by atoms with van der Waals surface area (Å²) in [5, 5.41) is 0. The first-order valence-electron chi connectivity index (χ1n) is 10.4. The average molecular weight is 419 g/mol. The molecule has 5 nitrogen and oxygen atoms in total. The summed E-state index contributed by atoms with van der Waals surface area (Å²) in [6, 6.07) is 8.10. The van der Waals surface area contributed by atoms with Gasteiger partial charge in [-0.1, -0.05) is 31.7 Å². The molecule has 0 aliphatic heterocycles. The predicted octanol–water partition coefficient (Wildman–Crippen LogP) is 4.49. The van der Waals surface area contributed by atoms with Crippen LogP contribution in [0.2, 0.25) is 0 Å². The summed E-state index contributed by atoms with van der Waals surface area (Å²) in [5.41, 5.74) is 0.351. The molecule has 3 atom stereocenters. The van der Waals surface area contributed by atoms with Gasteiger partial charge in [0.25, 0.3) is 10.1 Å². The van der Waals surface area contributed by atoms with Crippen LogP contribution < -0.4 is 0 Å². The van der Waals surface area contributed by atoms with Gasteiger partial charge in [-0.05, 0) is 74.8 Å². The average Bonchev–Trinajstić information content (AvgIpc) is 2.63. The van der Waals surface area contributed by atoms with Gasteiger partial charge in [-0.3, -0.25) is 4.18 Å². The standard InChI is InChI=1S/C23H30O5S/c1-16(2)21(24)28-20(14-27-29(25,26)19-7-5-4-6-8-19)23-12-17-9-18(13-23)11-22(3,10-17)15-23/h4-8,17-18,20H,1,9-15H2,2-3H3. The molecule has 0 amide bonds. The van der Waals surface area contributed by atoms with Crippen LogP contribution in [0.1, 0.15) is 52.4 Å². The molecular formula is C23H30O5S. The minimum Gasteiger partial charge on any atom is -0.456 e. The highest BCUT2D eigenvalue weighted by molar-refractivity contribution is 7.86. The Hall–Kier alpha value is -1.66. The van der Waals surface area contributed by atoms with Crippen molar-refractivity contribution in [3.63, 3.8) is 0 Å². The van der Waals surface area contributed by atoms with Crippen molar-refractivity contribution in [1.82, 2.24) is 0 Å². The van der Waals surface area contributed by atoms with Gasteiger partial charge < -0.3 is 4.74 Å². The molecule has 5 rings (SSSR count). The van der Waals surface area contributed by atoms with Crippen LogP contribution in [0, 0.1) is 22.7 Å². The van der Waals surface area contributed by atoms with Crippen LogP contribution in [0.3, 0.4) is 0 Å². The van der Waals surface area contributed by atoms with Gasteiger partial charge >= 0.3 is 5.97 Å². The zero-order valence-electron chi connectivity index (χ0n) is 17.2. The van der Waals surface area contributed by atoms with Crippen LogP contribution in [-0.4, -0.2) is 27.1 Å². The Morgan fingerprint density at radius 1 is 1.17 bits per heavy atom. The Bertz CT molecular complexity index is 890. The van der Waals surface area contributed by atoms with Gasteiger partial charge in [-0.25, -0.2) is 4.79 Å². The maximum Gasteiger partial charge on any atom is 0.333 e. The Morgan fingerprint density at radius 2 is 1.79 bits per heavy atom. The number of rotatable bonds is 7. The van der Waals surface area contributed by atoms with Crippen molar-refractivity contribution in [3.05, 3.63) is 42.5 Å². The molecule has 4 aliphatic carbocycles. The molecule has 4 fully saturated rings. The molecule has 0 saturated heterocycles. The lowest BCUT2D eigenvalue weighted by Crippen LogP contribution is -2.57. The first kappa shape index (κ1) is 20.6. The lowest BCUT2D eigenvalue weighted by Gasteiger charge is -2.62. The van der Waals surface area contributed by atoms with Crippen molar-refractivity contribution < 1.29 is 22.1 Å². The molecule has 158 valence electrons. The monoisotopic (exact) mass is 418 g/mol. The van der Waals surface area contributed by atoms with E-state index in [0.717, 1.165) is 19.3 Å². The van der Waals surface area contributed by atoms with E-state index in [-0.39, 0.29) is 22.3 Å². The molecule has 0 spiro atoms. The molecular weight excluding hydrogens is 388 g/mol. The Balaban J connectivity index is 1.59. The van der Waals surface area contributed by atoms with Crippen molar-refractivity contribution in [2.45, 2.75) is 63.4 Å². The van der Waals surface area contributed by atoms with Gasteiger partial charge in [0.15, 0.2) is 0 Å². The number of benzene rings is 1. The molecule has 0 radical (unpaired) electrons. The molecule has 29 heavy (non-hydrogen) atoms. The maximum atomic E-state index is 12.7. The molecule has 4 bridgehead atoms. The fraction of sp³-hybridized carbons (Fsp3) is 0.609. The first-order valence-corrected chi connectivity index (χ1v) is 11.8. The smallest absolute Gasteiger partial charge is 0.333 e. The van der Waals surface area contributed by atoms with E-state index in [0.29, 0.717) is 17.4 Å². The molecule has 6 heteroatoms. The van der Waals surface area contributed by atoms with E-state index in [9.17, 15) is 13.2 Å². The van der Waals surface area contributed by atoms with Crippen molar-refractivity contribution in [3.8, 4) is 0 Å². The Kier molecular flexibility index (Phi) is 5.14. The summed E-state index contributed by atoms with van der Waals surface area (Å²) in [7, 11) is -3.91. The largest absolute Gasteiger partial charge is 0.456 e. The minimum atomic E-state index is -3.91. The summed E-state index contributed by atoms with van der Waals surface area (Å²) in [6.07, 6.45) is 5.99. The third-order valence-corrected chi connectivity index (χ3v) is 8.38. The number of hydrogen-bond acceptors (Lipinski definition) is 5. The minimum absolute atomic E-state index is 0.113. The quantitative estimate of drug-likeness (QED) is 0.371. The second kappa shape index (κ2) is 7.24. The van der Waals surface area contributed by atoms with Gasteiger partial charge in [0.2, 0.25) is 0 Å². The molecule has 3 unspecified atom stereocenters. The van der Waals surface area contributed by atoms with E-state index in [1.165, 1.54) is 31.4 Å². The molecule has 0 N–H and O–H groups in total. The van der Waals surface area contributed by atoms with E-state index in [1.54, 1.807) is 25.1 Å². The summed E-state index contributed by atoms with van der Waals surface area (Å²) >= 11 is 0. The van der Waals surface area contributed by atoms with Crippen LogP contribution in [0.15, 0.2) is 47.4 Å². The number of hydrogen-bond donors (Lipinski definition) is 0. The second-order valence-electron chi connectivity index (χ2n) is 9.86. The van der Waals surface area contributed by atoms with E-state index in [4.69, 9.17) is 8.92 Å². The fourth-order valence-corrected chi connectivity index (χ4v) is 7.48. The fourth-order valence-electron chi connectivity index (χ4n) is 6.55. The van der Waals surface area contributed by atoms with Gasteiger partial charge in [0.05, 0.1) is 4.90 Å². The van der Waals surface area contributed by atoms with Gasteiger partial charge in [0, 0.05) is 11.0 Å². The van der Waals surface area contributed by atoms with Crippen molar-refractivity contribution >= 4 is 16.1 Å².